The Morgan fingerprint density at radius 3 is 2.50 bits per heavy atom. The lowest BCUT2D eigenvalue weighted by Gasteiger charge is -2.19. The molecule has 0 saturated carbocycles. The minimum atomic E-state index is -1.18. The van der Waals surface area contributed by atoms with Gasteiger partial charge in [-0.05, 0) is 37.1 Å². The van der Waals surface area contributed by atoms with Crippen molar-refractivity contribution in [1.82, 2.24) is 9.55 Å². The van der Waals surface area contributed by atoms with E-state index in [9.17, 15) is 15.3 Å². The minimum absolute atomic E-state index is 0.287. The van der Waals surface area contributed by atoms with Crippen LogP contribution in [0, 0.1) is 13.8 Å². The largest absolute Gasteiger partial charge is 0.468 e. The molecule has 3 N–H and O–H groups in total. The fourth-order valence-electron chi connectivity index (χ4n) is 2.81. The molecule has 1 aliphatic rings. The Labute approximate surface area is 127 Å². The van der Waals surface area contributed by atoms with Gasteiger partial charge in [0.25, 0.3) is 6.01 Å². The lowest BCUT2D eigenvalue weighted by atomic mass is 10.1. The van der Waals surface area contributed by atoms with E-state index >= 15 is 0 Å². The summed E-state index contributed by atoms with van der Waals surface area (Å²) in [6, 6.07) is 4.16. The van der Waals surface area contributed by atoms with E-state index < -0.39 is 24.5 Å². The first-order valence-corrected chi connectivity index (χ1v) is 7.13. The van der Waals surface area contributed by atoms with Crippen LogP contribution in [-0.4, -0.2) is 56.9 Å². The highest BCUT2D eigenvalue weighted by atomic mass is 16.6. The predicted octanol–water partition coefficient (Wildman–Crippen LogP) is 0.273. The third kappa shape index (κ3) is 2.17. The second-order valence-corrected chi connectivity index (χ2v) is 5.62. The first-order chi connectivity index (χ1) is 10.5. The van der Waals surface area contributed by atoms with E-state index in [1.54, 1.807) is 4.57 Å². The summed E-state index contributed by atoms with van der Waals surface area (Å²) in [4.78, 5) is 4.39. The van der Waals surface area contributed by atoms with Crippen molar-refractivity contribution in [3.05, 3.63) is 23.3 Å². The van der Waals surface area contributed by atoms with E-state index in [0.717, 1.165) is 22.2 Å². The molecule has 0 spiro atoms. The number of aryl methyl sites for hydroxylation is 2. The van der Waals surface area contributed by atoms with Gasteiger partial charge < -0.3 is 24.8 Å². The third-order valence-corrected chi connectivity index (χ3v) is 4.23. The van der Waals surface area contributed by atoms with E-state index in [4.69, 9.17) is 9.47 Å². The number of fused-ring (bicyclic) bond motifs is 1. The van der Waals surface area contributed by atoms with Gasteiger partial charge in [-0.2, -0.15) is 4.98 Å². The molecule has 22 heavy (non-hydrogen) atoms. The van der Waals surface area contributed by atoms with E-state index in [0.29, 0.717) is 0 Å². The smallest absolute Gasteiger partial charge is 0.299 e. The van der Waals surface area contributed by atoms with Crippen molar-refractivity contribution in [2.75, 3.05) is 13.7 Å². The molecule has 7 nitrogen and oxygen atoms in total. The van der Waals surface area contributed by atoms with E-state index in [2.05, 4.69) is 4.98 Å². The highest BCUT2D eigenvalue weighted by Gasteiger charge is 2.44. The highest BCUT2D eigenvalue weighted by Crippen LogP contribution is 2.36. The molecule has 0 bridgehead atoms. The van der Waals surface area contributed by atoms with Gasteiger partial charge in [0.2, 0.25) is 0 Å². The Morgan fingerprint density at radius 1 is 1.23 bits per heavy atom. The summed E-state index contributed by atoms with van der Waals surface area (Å²) in [5, 5.41) is 29.4. The van der Waals surface area contributed by atoms with Gasteiger partial charge in [0.15, 0.2) is 6.23 Å². The summed E-state index contributed by atoms with van der Waals surface area (Å²) in [7, 11) is 1.48. The van der Waals surface area contributed by atoms with Crippen molar-refractivity contribution in [3.63, 3.8) is 0 Å². The van der Waals surface area contributed by atoms with Gasteiger partial charge in [0.05, 0.1) is 24.8 Å². The Morgan fingerprint density at radius 2 is 1.91 bits per heavy atom. The van der Waals surface area contributed by atoms with E-state index in [1.165, 1.54) is 7.11 Å². The zero-order valence-corrected chi connectivity index (χ0v) is 12.7. The van der Waals surface area contributed by atoms with Crippen molar-refractivity contribution < 1.29 is 24.8 Å². The molecule has 3 rings (SSSR count). The Bertz CT molecular complexity index is 699. The van der Waals surface area contributed by atoms with Gasteiger partial charge in [0, 0.05) is 0 Å². The summed E-state index contributed by atoms with van der Waals surface area (Å²) in [6.45, 7) is 3.60. The van der Waals surface area contributed by atoms with Crippen LogP contribution in [0.25, 0.3) is 11.0 Å². The summed E-state index contributed by atoms with van der Waals surface area (Å²) >= 11 is 0. The molecule has 1 fully saturated rings. The van der Waals surface area contributed by atoms with Crippen molar-refractivity contribution >= 4 is 11.0 Å². The number of aromatic nitrogens is 2. The van der Waals surface area contributed by atoms with Gasteiger partial charge in [-0.1, -0.05) is 0 Å². The molecular weight excluding hydrogens is 288 g/mol. The number of aliphatic hydroxyl groups is 3. The molecule has 1 aromatic heterocycles. The van der Waals surface area contributed by atoms with Crippen LogP contribution in [-0.2, 0) is 4.74 Å². The van der Waals surface area contributed by atoms with E-state index in [-0.39, 0.29) is 12.6 Å². The van der Waals surface area contributed by atoms with Crippen molar-refractivity contribution in [1.29, 1.82) is 0 Å². The van der Waals surface area contributed by atoms with Crippen LogP contribution in [0.2, 0.25) is 0 Å². The first-order valence-electron chi connectivity index (χ1n) is 7.13. The average molecular weight is 308 g/mol. The number of methoxy groups -OCH3 is 1. The van der Waals surface area contributed by atoms with Crippen molar-refractivity contribution in [2.45, 2.75) is 38.4 Å². The monoisotopic (exact) mass is 308 g/mol. The Hall–Kier alpha value is -1.67. The minimum Gasteiger partial charge on any atom is -0.468 e. The van der Waals surface area contributed by atoms with Crippen molar-refractivity contribution in [2.24, 2.45) is 0 Å². The fourth-order valence-corrected chi connectivity index (χ4v) is 2.81. The number of hydrogen-bond donors (Lipinski definition) is 3. The normalized spacial score (nSPS) is 28.5. The van der Waals surface area contributed by atoms with Crippen molar-refractivity contribution in [3.8, 4) is 6.01 Å². The molecule has 0 amide bonds. The predicted molar refractivity (Wildman–Crippen MR) is 78.8 cm³/mol. The third-order valence-electron chi connectivity index (χ3n) is 4.23. The molecule has 1 aliphatic heterocycles. The topological polar surface area (TPSA) is 97.0 Å². The summed E-state index contributed by atoms with van der Waals surface area (Å²) in [6.07, 6.45) is -4.04. The second kappa shape index (κ2) is 5.51. The maximum absolute atomic E-state index is 10.2. The number of rotatable bonds is 3. The number of nitrogens with zero attached hydrogens (tertiary/aromatic N) is 2. The molecule has 0 radical (unpaired) electrons. The standard InChI is InChI=1S/C15H20N2O5/c1-7-4-9-10(5-8(7)2)17(15(16-9)21-3)14-13(20)12(19)11(6-18)22-14/h4-5,11-14,18-20H,6H2,1-3H3/t11-,12+,13-,14-/m0/s1. The molecule has 1 saturated heterocycles. The Kier molecular flexibility index (Phi) is 3.82. The van der Waals surface area contributed by atoms with Gasteiger partial charge in [-0.3, -0.25) is 4.57 Å². The lowest BCUT2D eigenvalue weighted by Crippen LogP contribution is -2.33. The lowest BCUT2D eigenvalue weighted by molar-refractivity contribution is -0.0535. The van der Waals surface area contributed by atoms with Crippen LogP contribution < -0.4 is 4.74 Å². The van der Waals surface area contributed by atoms with Crippen LogP contribution in [0.4, 0.5) is 0 Å². The van der Waals surface area contributed by atoms with Gasteiger partial charge >= 0.3 is 0 Å². The zero-order chi connectivity index (χ0) is 16.0. The molecular formula is C15H20N2O5. The number of ether oxygens (including phenoxy) is 2. The molecule has 1 aromatic carbocycles. The maximum atomic E-state index is 10.2. The quantitative estimate of drug-likeness (QED) is 0.753. The Balaban J connectivity index is 2.15. The van der Waals surface area contributed by atoms with Crippen LogP contribution in [0.3, 0.4) is 0 Å². The van der Waals surface area contributed by atoms with Gasteiger partial charge in [0.1, 0.15) is 18.3 Å². The summed E-state index contributed by atoms with van der Waals surface area (Å²) < 4.78 is 12.5. The summed E-state index contributed by atoms with van der Waals surface area (Å²) in [5.41, 5.74) is 3.64. The molecule has 0 aliphatic carbocycles. The molecule has 2 heterocycles. The van der Waals surface area contributed by atoms with Crippen LogP contribution in [0.5, 0.6) is 6.01 Å². The van der Waals surface area contributed by atoms with Gasteiger partial charge in [-0.25, -0.2) is 0 Å². The van der Waals surface area contributed by atoms with Crippen LogP contribution >= 0.6 is 0 Å². The van der Waals surface area contributed by atoms with Crippen LogP contribution in [0.15, 0.2) is 12.1 Å². The molecule has 0 unspecified atom stereocenters. The first kappa shape index (κ1) is 15.2. The number of hydrogen-bond acceptors (Lipinski definition) is 6. The average Bonchev–Trinajstić information content (AvgIpc) is 2.98. The fraction of sp³-hybridized carbons (Fsp3) is 0.533. The van der Waals surface area contributed by atoms with Gasteiger partial charge in [-0.15, -0.1) is 0 Å². The zero-order valence-electron chi connectivity index (χ0n) is 12.7. The molecule has 7 heteroatoms. The van der Waals surface area contributed by atoms with E-state index in [1.807, 2.05) is 26.0 Å². The second-order valence-electron chi connectivity index (χ2n) is 5.62. The maximum Gasteiger partial charge on any atom is 0.299 e. The van der Waals surface area contributed by atoms with Crippen LogP contribution in [0.1, 0.15) is 17.4 Å². The molecule has 2 aromatic rings. The molecule has 120 valence electrons. The highest BCUT2D eigenvalue weighted by molar-refractivity contribution is 5.79. The number of aliphatic hydroxyl groups excluding tert-OH is 3. The number of benzene rings is 1. The molecule has 4 atom stereocenters. The SMILES string of the molecule is COc1nc2cc(C)c(C)cc2n1[C@H]1O[C@@H](CO)[C@@H](O)[C@@H]1O. The summed E-state index contributed by atoms with van der Waals surface area (Å²) in [5.74, 6) is 0. The number of imidazole rings is 1.